The van der Waals surface area contributed by atoms with E-state index in [9.17, 15) is 14.4 Å². The SMILES string of the molecule is CC(CNC(=O)N1CCN(C(=O)c2cc3ccccc3s2)CC1)C(=O)O. The molecule has 2 heterocycles. The fourth-order valence-corrected chi connectivity index (χ4v) is 3.83. The smallest absolute Gasteiger partial charge is 0.317 e. The maximum absolute atomic E-state index is 12.7. The van der Waals surface area contributed by atoms with Crippen molar-refractivity contribution in [3.05, 3.63) is 35.2 Å². The van der Waals surface area contributed by atoms with Crippen LogP contribution in [-0.4, -0.2) is 65.5 Å². The minimum absolute atomic E-state index is 0.00856. The van der Waals surface area contributed by atoms with Gasteiger partial charge < -0.3 is 20.2 Å². The number of nitrogens with one attached hydrogen (secondary N) is 1. The van der Waals surface area contributed by atoms with Crippen LogP contribution in [0.1, 0.15) is 16.6 Å². The first-order chi connectivity index (χ1) is 12.5. The quantitative estimate of drug-likeness (QED) is 0.856. The third-order valence-corrected chi connectivity index (χ3v) is 5.58. The Morgan fingerprint density at radius 2 is 1.81 bits per heavy atom. The molecule has 1 aromatic heterocycles. The Bertz CT molecular complexity index is 794. The van der Waals surface area contributed by atoms with Crippen LogP contribution in [0.15, 0.2) is 30.3 Å². The molecule has 8 heteroatoms. The standard InChI is InChI=1S/C18H21N3O4S/c1-12(17(23)24)11-19-18(25)21-8-6-20(7-9-21)16(22)15-10-13-4-2-3-5-14(13)26-15/h2-5,10,12H,6-9,11H2,1H3,(H,19,25)(H,23,24). The second-order valence-electron chi connectivity index (χ2n) is 6.35. The van der Waals surface area contributed by atoms with Gasteiger partial charge in [-0.3, -0.25) is 9.59 Å². The Balaban J connectivity index is 1.53. The number of carbonyl (C=O) groups excluding carboxylic acids is 2. The van der Waals surface area contributed by atoms with E-state index in [0.29, 0.717) is 31.1 Å². The van der Waals surface area contributed by atoms with Crippen LogP contribution in [0.4, 0.5) is 4.79 Å². The molecule has 0 radical (unpaired) electrons. The summed E-state index contributed by atoms with van der Waals surface area (Å²) in [5.74, 6) is -1.58. The first-order valence-electron chi connectivity index (χ1n) is 8.49. The van der Waals surface area contributed by atoms with E-state index < -0.39 is 11.9 Å². The van der Waals surface area contributed by atoms with Crippen LogP contribution in [0.25, 0.3) is 10.1 Å². The van der Waals surface area contributed by atoms with Crippen LogP contribution in [0, 0.1) is 5.92 Å². The minimum atomic E-state index is -0.941. The molecule has 26 heavy (non-hydrogen) atoms. The molecular formula is C18H21N3O4S. The first kappa shape index (κ1) is 18.2. The zero-order valence-corrected chi connectivity index (χ0v) is 15.3. The predicted molar refractivity (Wildman–Crippen MR) is 99.5 cm³/mol. The number of nitrogens with zero attached hydrogens (tertiary/aromatic N) is 2. The fraction of sp³-hybridized carbons (Fsp3) is 0.389. The highest BCUT2D eigenvalue weighted by atomic mass is 32.1. The maximum atomic E-state index is 12.7. The molecule has 3 amide bonds. The third-order valence-electron chi connectivity index (χ3n) is 4.47. The number of amides is 3. The number of hydrogen-bond donors (Lipinski definition) is 2. The number of carboxylic acid groups (broad SMARTS) is 1. The largest absolute Gasteiger partial charge is 0.481 e. The summed E-state index contributed by atoms with van der Waals surface area (Å²) in [6.07, 6.45) is 0. The number of urea groups is 1. The van der Waals surface area contributed by atoms with Crippen molar-refractivity contribution in [3.63, 3.8) is 0 Å². The third kappa shape index (κ3) is 3.96. The number of fused-ring (bicyclic) bond motifs is 1. The van der Waals surface area contributed by atoms with Crippen LogP contribution in [-0.2, 0) is 4.79 Å². The van der Waals surface area contributed by atoms with Gasteiger partial charge in [-0.2, -0.15) is 0 Å². The Kier molecular flexibility index (Phi) is 5.41. The Hall–Kier alpha value is -2.61. The molecule has 138 valence electrons. The number of rotatable bonds is 4. The molecule has 2 N–H and O–H groups in total. The van der Waals surface area contributed by atoms with Crippen LogP contribution >= 0.6 is 11.3 Å². The molecule has 1 saturated heterocycles. The summed E-state index contributed by atoms with van der Waals surface area (Å²) in [4.78, 5) is 39.7. The highest BCUT2D eigenvalue weighted by molar-refractivity contribution is 7.20. The monoisotopic (exact) mass is 375 g/mol. The van der Waals surface area contributed by atoms with Crippen LogP contribution in [0.5, 0.6) is 0 Å². The Morgan fingerprint density at radius 1 is 1.15 bits per heavy atom. The van der Waals surface area contributed by atoms with Crippen molar-refractivity contribution in [1.82, 2.24) is 15.1 Å². The van der Waals surface area contributed by atoms with Crippen molar-refractivity contribution in [2.24, 2.45) is 5.92 Å². The number of carboxylic acids is 1. The molecule has 7 nitrogen and oxygen atoms in total. The summed E-state index contributed by atoms with van der Waals surface area (Å²) in [6, 6.07) is 9.52. The Morgan fingerprint density at radius 3 is 2.46 bits per heavy atom. The molecule has 1 atom stereocenters. The van der Waals surface area contributed by atoms with Crippen molar-refractivity contribution in [1.29, 1.82) is 0 Å². The average molecular weight is 375 g/mol. The van der Waals surface area contributed by atoms with Gasteiger partial charge in [0.15, 0.2) is 0 Å². The van der Waals surface area contributed by atoms with Crippen molar-refractivity contribution < 1.29 is 19.5 Å². The summed E-state index contributed by atoms with van der Waals surface area (Å²) < 4.78 is 1.08. The van der Waals surface area contributed by atoms with E-state index in [-0.39, 0.29) is 18.5 Å². The van der Waals surface area contributed by atoms with Crippen LogP contribution < -0.4 is 5.32 Å². The summed E-state index contributed by atoms with van der Waals surface area (Å²) >= 11 is 1.48. The van der Waals surface area contributed by atoms with Gasteiger partial charge in [0.25, 0.3) is 5.91 Å². The zero-order chi connectivity index (χ0) is 18.7. The topological polar surface area (TPSA) is 90.0 Å². The first-order valence-corrected chi connectivity index (χ1v) is 9.31. The van der Waals surface area contributed by atoms with Crippen LogP contribution in [0.2, 0.25) is 0 Å². The summed E-state index contributed by atoms with van der Waals surface area (Å²) in [7, 11) is 0. The fourth-order valence-electron chi connectivity index (χ4n) is 2.80. The van der Waals surface area contributed by atoms with Crippen molar-refractivity contribution in [2.45, 2.75) is 6.92 Å². The molecule has 1 aliphatic rings. The van der Waals surface area contributed by atoms with Crippen molar-refractivity contribution in [2.75, 3.05) is 32.7 Å². The molecule has 0 spiro atoms. The molecule has 3 rings (SSSR count). The van der Waals surface area contributed by atoms with E-state index in [4.69, 9.17) is 5.11 Å². The molecule has 0 aliphatic carbocycles. The predicted octanol–water partition coefficient (Wildman–Crippen LogP) is 2.09. The van der Waals surface area contributed by atoms with E-state index in [1.54, 1.807) is 16.7 Å². The molecule has 1 fully saturated rings. The van der Waals surface area contributed by atoms with E-state index in [0.717, 1.165) is 10.1 Å². The Labute approximate surface area is 155 Å². The van der Waals surface area contributed by atoms with Gasteiger partial charge >= 0.3 is 12.0 Å². The lowest BCUT2D eigenvalue weighted by molar-refractivity contribution is -0.140. The van der Waals surface area contributed by atoms with E-state index >= 15 is 0 Å². The second-order valence-corrected chi connectivity index (χ2v) is 7.44. The number of benzene rings is 1. The molecule has 1 aliphatic heterocycles. The van der Waals surface area contributed by atoms with Crippen LogP contribution in [0.3, 0.4) is 0 Å². The van der Waals surface area contributed by atoms with Gasteiger partial charge in [0.1, 0.15) is 0 Å². The van der Waals surface area contributed by atoms with Gasteiger partial charge in [-0.05, 0) is 17.5 Å². The lowest BCUT2D eigenvalue weighted by Crippen LogP contribution is -2.53. The van der Waals surface area contributed by atoms with Gasteiger partial charge in [0, 0.05) is 37.4 Å². The molecule has 0 bridgehead atoms. The zero-order valence-electron chi connectivity index (χ0n) is 14.5. The van der Waals surface area contributed by atoms with E-state index in [1.165, 1.54) is 11.3 Å². The summed E-state index contributed by atoms with van der Waals surface area (Å²) in [5.41, 5.74) is 0. The van der Waals surface area contributed by atoms with Gasteiger partial charge in [-0.25, -0.2) is 4.79 Å². The summed E-state index contributed by atoms with van der Waals surface area (Å²) in [5, 5.41) is 12.5. The van der Waals surface area contributed by atoms with Crippen molar-refractivity contribution >= 4 is 39.3 Å². The number of carbonyl (C=O) groups is 3. The number of aliphatic carboxylic acids is 1. The van der Waals surface area contributed by atoms with Gasteiger partial charge in [0.05, 0.1) is 10.8 Å². The molecule has 0 saturated carbocycles. The second kappa shape index (κ2) is 7.74. The van der Waals surface area contributed by atoms with E-state index in [2.05, 4.69) is 5.32 Å². The van der Waals surface area contributed by atoms with Crippen molar-refractivity contribution in [3.8, 4) is 0 Å². The lowest BCUT2D eigenvalue weighted by atomic mass is 10.2. The molecule has 1 aromatic carbocycles. The van der Waals surface area contributed by atoms with E-state index in [1.807, 2.05) is 30.3 Å². The molecular weight excluding hydrogens is 354 g/mol. The molecule has 2 aromatic rings. The minimum Gasteiger partial charge on any atom is -0.481 e. The number of piperazine rings is 1. The molecule has 1 unspecified atom stereocenters. The highest BCUT2D eigenvalue weighted by Crippen LogP contribution is 2.26. The van der Waals surface area contributed by atoms with Gasteiger partial charge in [-0.15, -0.1) is 11.3 Å². The van der Waals surface area contributed by atoms with Gasteiger partial charge in [0.2, 0.25) is 0 Å². The highest BCUT2D eigenvalue weighted by Gasteiger charge is 2.26. The van der Waals surface area contributed by atoms with Gasteiger partial charge in [-0.1, -0.05) is 25.1 Å². The summed E-state index contributed by atoms with van der Waals surface area (Å²) in [6.45, 7) is 3.44. The number of hydrogen-bond acceptors (Lipinski definition) is 4. The number of thiophene rings is 1. The average Bonchev–Trinajstić information content (AvgIpc) is 3.09. The normalized spacial score (nSPS) is 15.7. The lowest BCUT2D eigenvalue weighted by Gasteiger charge is -2.34. The maximum Gasteiger partial charge on any atom is 0.317 e.